The van der Waals surface area contributed by atoms with Gasteiger partial charge in [0.25, 0.3) is 5.91 Å². The number of carbonyl (C=O) groups is 1. The molecule has 0 aromatic heterocycles. The molecule has 1 aliphatic heterocycles. The monoisotopic (exact) mass is 281 g/mol. The van der Waals surface area contributed by atoms with Crippen LogP contribution in [0.4, 0.5) is 0 Å². The van der Waals surface area contributed by atoms with Crippen molar-refractivity contribution in [1.29, 1.82) is 0 Å². The Balaban J connectivity index is 2.00. The first-order chi connectivity index (χ1) is 8.70. The summed E-state index contributed by atoms with van der Waals surface area (Å²) in [6, 6.07) is 8.28. The standard InChI is InChI=1S/C14H19NOS2/c1-3-10(2)15-13(16)11-4-6-12(7-5-11)14-17-8-9-18-14/h4-7,10,14H,3,8-9H2,1-2H3,(H,15,16)/t10-/m1/s1. The van der Waals surface area contributed by atoms with E-state index < -0.39 is 0 Å². The molecular formula is C14H19NOS2. The van der Waals surface area contributed by atoms with Gasteiger partial charge in [-0.05, 0) is 31.0 Å². The Morgan fingerprint density at radius 3 is 2.50 bits per heavy atom. The van der Waals surface area contributed by atoms with E-state index in [-0.39, 0.29) is 11.9 Å². The summed E-state index contributed by atoms with van der Waals surface area (Å²) >= 11 is 3.97. The van der Waals surface area contributed by atoms with Gasteiger partial charge >= 0.3 is 0 Å². The lowest BCUT2D eigenvalue weighted by Crippen LogP contribution is -2.31. The van der Waals surface area contributed by atoms with Crippen molar-refractivity contribution in [3.63, 3.8) is 0 Å². The molecule has 1 heterocycles. The van der Waals surface area contributed by atoms with Crippen LogP contribution in [0.3, 0.4) is 0 Å². The summed E-state index contributed by atoms with van der Waals surface area (Å²) < 4.78 is 0.552. The predicted octanol–water partition coefficient (Wildman–Crippen LogP) is 3.69. The topological polar surface area (TPSA) is 29.1 Å². The van der Waals surface area contributed by atoms with Crippen molar-refractivity contribution in [1.82, 2.24) is 5.32 Å². The molecule has 1 aliphatic rings. The summed E-state index contributed by atoms with van der Waals surface area (Å²) in [5, 5.41) is 2.99. The van der Waals surface area contributed by atoms with Gasteiger partial charge in [0, 0.05) is 23.1 Å². The number of nitrogens with one attached hydrogen (secondary N) is 1. The van der Waals surface area contributed by atoms with Crippen molar-refractivity contribution in [2.45, 2.75) is 30.9 Å². The van der Waals surface area contributed by atoms with Gasteiger partial charge in [0.2, 0.25) is 0 Å². The van der Waals surface area contributed by atoms with E-state index in [0.717, 1.165) is 12.0 Å². The van der Waals surface area contributed by atoms with E-state index in [2.05, 4.69) is 24.4 Å². The number of amides is 1. The number of hydrogen-bond donors (Lipinski definition) is 1. The molecule has 1 aromatic carbocycles. The van der Waals surface area contributed by atoms with Crippen LogP contribution in [0.5, 0.6) is 0 Å². The first-order valence-corrected chi connectivity index (χ1v) is 8.44. The van der Waals surface area contributed by atoms with E-state index in [9.17, 15) is 4.79 Å². The molecule has 0 spiro atoms. The Bertz CT molecular complexity index is 399. The zero-order valence-electron chi connectivity index (χ0n) is 10.8. The van der Waals surface area contributed by atoms with Gasteiger partial charge in [-0.15, -0.1) is 23.5 Å². The smallest absolute Gasteiger partial charge is 0.251 e. The number of benzene rings is 1. The Morgan fingerprint density at radius 1 is 1.33 bits per heavy atom. The second kappa shape index (κ2) is 6.53. The quantitative estimate of drug-likeness (QED) is 0.912. The molecule has 1 saturated heterocycles. The summed E-state index contributed by atoms with van der Waals surface area (Å²) in [6.07, 6.45) is 0.958. The molecule has 0 unspecified atom stereocenters. The average molecular weight is 281 g/mol. The Hall–Kier alpha value is -0.610. The molecular weight excluding hydrogens is 262 g/mol. The highest BCUT2D eigenvalue weighted by Crippen LogP contribution is 2.45. The maximum absolute atomic E-state index is 11.9. The van der Waals surface area contributed by atoms with Gasteiger partial charge in [0.15, 0.2) is 0 Å². The van der Waals surface area contributed by atoms with Crippen molar-refractivity contribution >= 4 is 29.4 Å². The summed E-state index contributed by atoms with van der Waals surface area (Å²) in [4.78, 5) is 11.9. The second-order valence-electron chi connectivity index (χ2n) is 4.48. The summed E-state index contributed by atoms with van der Waals surface area (Å²) in [7, 11) is 0. The molecule has 2 nitrogen and oxygen atoms in total. The second-order valence-corrected chi connectivity index (χ2v) is 7.20. The number of carbonyl (C=O) groups excluding carboxylic acids is 1. The zero-order valence-corrected chi connectivity index (χ0v) is 12.4. The molecule has 98 valence electrons. The van der Waals surface area contributed by atoms with Crippen LogP contribution >= 0.6 is 23.5 Å². The van der Waals surface area contributed by atoms with Crippen molar-refractivity contribution in [3.05, 3.63) is 35.4 Å². The number of hydrogen-bond acceptors (Lipinski definition) is 3. The Kier molecular flexibility index (Phi) is 5.01. The third-order valence-electron chi connectivity index (χ3n) is 3.06. The average Bonchev–Trinajstić information content (AvgIpc) is 2.92. The molecule has 1 aromatic rings. The Morgan fingerprint density at radius 2 is 1.94 bits per heavy atom. The van der Waals surface area contributed by atoms with Crippen LogP contribution in [0.1, 0.15) is 40.8 Å². The zero-order chi connectivity index (χ0) is 13.0. The number of thioether (sulfide) groups is 2. The van der Waals surface area contributed by atoms with E-state index in [0.29, 0.717) is 4.58 Å². The maximum Gasteiger partial charge on any atom is 0.251 e. The van der Waals surface area contributed by atoms with Crippen LogP contribution in [0.25, 0.3) is 0 Å². The first kappa shape index (κ1) is 13.8. The van der Waals surface area contributed by atoms with Crippen molar-refractivity contribution < 1.29 is 4.79 Å². The lowest BCUT2D eigenvalue weighted by molar-refractivity contribution is 0.0939. The molecule has 0 saturated carbocycles. The molecule has 0 radical (unpaired) electrons. The fourth-order valence-corrected chi connectivity index (χ4v) is 4.61. The predicted molar refractivity (Wildman–Crippen MR) is 81.3 cm³/mol. The van der Waals surface area contributed by atoms with Gasteiger partial charge in [0.05, 0.1) is 4.58 Å². The molecule has 18 heavy (non-hydrogen) atoms. The largest absolute Gasteiger partial charge is 0.350 e. The first-order valence-electron chi connectivity index (χ1n) is 6.34. The minimum Gasteiger partial charge on any atom is -0.350 e. The van der Waals surface area contributed by atoms with Crippen LogP contribution in [-0.4, -0.2) is 23.5 Å². The summed E-state index contributed by atoms with van der Waals surface area (Å²) in [5.41, 5.74) is 2.08. The minimum atomic E-state index is 0.0302. The molecule has 0 bridgehead atoms. The number of rotatable bonds is 4. The molecule has 4 heteroatoms. The van der Waals surface area contributed by atoms with Crippen LogP contribution in [0.2, 0.25) is 0 Å². The lowest BCUT2D eigenvalue weighted by Gasteiger charge is -2.12. The van der Waals surface area contributed by atoms with E-state index in [1.165, 1.54) is 17.1 Å². The molecule has 1 amide bonds. The van der Waals surface area contributed by atoms with Crippen molar-refractivity contribution in [2.75, 3.05) is 11.5 Å². The third kappa shape index (κ3) is 3.45. The van der Waals surface area contributed by atoms with Gasteiger partial charge in [-0.25, -0.2) is 0 Å². The van der Waals surface area contributed by atoms with Gasteiger partial charge in [-0.1, -0.05) is 19.1 Å². The maximum atomic E-state index is 11.9. The van der Waals surface area contributed by atoms with E-state index in [1.807, 2.05) is 42.6 Å². The minimum absolute atomic E-state index is 0.0302. The van der Waals surface area contributed by atoms with Gasteiger partial charge in [-0.2, -0.15) is 0 Å². The fraction of sp³-hybridized carbons (Fsp3) is 0.500. The molecule has 1 N–H and O–H groups in total. The van der Waals surface area contributed by atoms with Crippen LogP contribution in [0, 0.1) is 0 Å². The summed E-state index contributed by atoms with van der Waals surface area (Å²) in [5.74, 6) is 2.49. The van der Waals surface area contributed by atoms with Crippen LogP contribution in [-0.2, 0) is 0 Å². The lowest BCUT2D eigenvalue weighted by atomic mass is 10.1. The Labute approximate surface area is 117 Å². The molecule has 0 aliphatic carbocycles. The van der Waals surface area contributed by atoms with Gasteiger partial charge in [0.1, 0.15) is 0 Å². The van der Waals surface area contributed by atoms with Crippen LogP contribution in [0.15, 0.2) is 24.3 Å². The van der Waals surface area contributed by atoms with Gasteiger partial charge < -0.3 is 5.32 Å². The molecule has 2 rings (SSSR count). The fourth-order valence-electron chi connectivity index (χ4n) is 1.75. The van der Waals surface area contributed by atoms with E-state index in [4.69, 9.17) is 0 Å². The van der Waals surface area contributed by atoms with Crippen molar-refractivity contribution in [3.8, 4) is 0 Å². The molecule has 1 fully saturated rings. The highest BCUT2D eigenvalue weighted by molar-refractivity contribution is 8.19. The van der Waals surface area contributed by atoms with E-state index >= 15 is 0 Å². The normalized spacial score (nSPS) is 17.7. The summed E-state index contributed by atoms with van der Waals surface area (Å²) in [6.45, 7) is 4.10. The highest BCUT2D eigenvalue weighted by atomic mass is 32.2. The molecule has 1 atom stereocenters. The third-order valence-corrected chi connectivity index (χ3v) is 6.16. The van der Waals surface area contributed by atoms with Crippen LogP contribution < -0.4 is 5.32 Å². The van der Waals surface area contributed by atoms with Crippen molar-refractivity contribution in [2.24, 2.45) is 0 Å². The van der Waals surface area contributed by atoms with Gasteiger partial charge in [-0.3, -0.25) is 4.79 Å². The highest BCUT2D eigenvalue weighted by Gasteiger charge is 2.18. The SMILES string of the molecule is CC[C@@H](C)NC(=O)c1ccc(C2SCCS2)cc1. The van der Waals surface area contributed by atoms with E-state index in [1.54, 1.807) is 0 Å².